The minimum atomic E-state index is -0.359. The third-order valence-electron chi connectivity index (χ3n) is 4.96. The van der Waals surface area contributed by atoms with Crippen molar-refractivity contribution in [2.24, 2.45) is 0 Å². The van der Waals surface area contributed by atoms with Crippen molar-refractivity contribution in [3.8, 4) is 16.9 Å². The number of aryl methyl sites for hydroxylation is 2. The van der Waals surface area contributed by atoms with Crippen LogP contribution >= 0.6 is 11.6 Å². The molecule has 0 amide bonds. The Balaban J connectivity index is 1.61. The van der Waals surface area contributed by atoms with Gasteiger partial charge in [-0.25, -0.2) is 4.79 Å². The van der Waals surface area contributed by atoms with E-state index in [9.17, 15) is 4.79 Å². The first-order valence-corrected chi connectivity index (χ1v) is 10.3. The van der Waals surface area contributed by atoms with Gasteiger partial charge in [0.1, 0.15) is 5.75 Å². The molecular weight excluding hydrogens is 392 g/mol. The highest BCUT2D eigenvalue weighted by atomic mass is 35.5. The topological polar surface area (TPSA) is 26.3 Å². The molecule has 0 aromatic heterocycles. The molecule has 30 heavy (non-hydrogen) atoms. The van der Waals surface area contributed by atoms with Gasteiger partial charge in [0, 0.05) is 10.6 Å². The van der Waals surface area contributed by atoms with E-state index in [0.29, 0.717) is 11.3 Å². The van der Waals surface area contributed by atoms with Crippen molar-refractivity contribution < 1.29 is 9.53 Å². The van der Waals surface area contributed by atoms with Crippen molar-refractivity contribution in [2.75, 3.05) is 0 Å². The Morgan fingerprint density at radius 1 is 0.700 bits per heavy atom. The summed E-state index contributed by atoms with van der Waals surface area (Å²) in [5.41, 5.74) is 4.77. The zero-order valence-corrected chi connectivity index (χ0v) is 17.2. The lowest BCUT2D eigenvalue weighted by molar-refractivity contribution is 0.0735. The van der Waals surface area contributed by atoms with Crippen molar-refractivity contribution in [1.82, 2.24) is 0 Å². The number of halogens is 1. The van der Waals surface area contributed by atoms with Gasteiger partial charge >= 0.3 is 5.97 Å². The fraction of sp³-hybridized carbons (Fsp3) is 0.0741. The van der Waals surface area contributed by atoms with Crippen LogP contribution in [-0.2, 0) is 12.8 Å². The second-order valence-corrected chi connectivity index (χ2v) is 7.51. The van der Waals surface area contributed by atoms with Gasteiger partial charge in [0.05, 0.1) is 5.56 Å². The highest BCUT2D eigenvalue weighted by Crippen LogP contribution is 2.32. The molecule has 0 aliphatic heterocycles. The molecule has 0 N–H and O–H groups in total. The number of carbonyl (C=O) groups is 1. The Bertz CT molecular complexity index is 1120. The Labute approximate surface area is 181 Å². The van der Waals surface area contributed by atoms with Crippen LogP contribution in [0.1, 0.15) is 21.5 Å². The molecule has 0 unspecified atom stereocenters. The maximum atomic E-state index is 12.7. The summed E-state index contributed by atoms with van der Waals surface area (Å²) in [5, 5.41) is 0.737. The molecule has 0 fully saturated rings. The van der Waals surface area contributed by atoms with Gasteiger partial charge in [0.15, 0.2) is 0 Å². The van der Waals surface area contributed by atoms with E-state index in [1.807, 2.05) is 84.9 Å². The molecule has 0 atom stereocenters. The smallest absolute Gasteiger partial charge is 0.343 e. The molecule has 4 rings (SSSR count). The molecule has 0 spiro atoms. The molecule has 3 heteroatoms. The zero-order valence-electron chi connectivity index (χ0n) is 16.4. The predicted octanol–water partition coefficient (Wildman–Crippen LogP) is 7.01. The van der Waals surface area contributed by atoms with Gasteiger partial charge in [-0.2, -0.15) is 0 Å². The number of hydrogen-bond acceptors (Lipinski definition) is 2. The largest absolute Gasteiger partial charge is 0.422 e. The first kappa shape index (κ1) is 19.9. The van der Waals surface area contributed by atoms with E-state index in [-0.39, 0.29) is 5.97 Å². The Hall–Kier alpha value is -3.36. The summed E-state index contributed by atoms with van der Waals surface area (Å²) in [7, 11) is 0. The van der Waals surface area contributed by atoms with Crippen LogP contribution in [-0.4, -0.2) is 5.97 Å². The first-order chi connectivity index (χ1) is 14.7. The SMILES string of the molecule is O=C(Oc1cc(CCc2ccc(Cl)cc2)ccc1-c1ccccc1)c1ccccc1. The van der Waals surface area contributed by atoms with Gasteiger partial charge in [-0.3, -0.25) is 0 Å². The van der Waals surface area contributed by atoms with E-state index in [1.54, 1.807) is 12.1 Å². The van der Waals surface area contributed by atoms with E-state index in [2.05, 4.69) is 6.07 Å². The van der Waals surface area contributed by atoms with Crippen LogP contribution in [0.4, 0.5) is 0 Å². The average molecular weight is 413 g/mol. The minimum Gasteiger partial charge on any atom is -0.422 e. The highest BCUT2D eigenvalue weighted by Gasteiger charge is 2.14. The number of esters is 1. The zero-order chi connectivity index (χ0) is 20.8. The molecule has 0 aliphatic carbocycles. The van der Waals surface area contributed by atoms with Crippen LogP contribution < -0.4 is 4.74 Å². The molecule has 0 aliphatic rings. The maximum Gasteiger partial charge on any atom is 0.343 e. The number of rotatable bonds is 6. The van der Waals surface area contributed by atoms with E-state index >= 15 is 0 Å². The molecule has 0 bridgehead atoms. The van der Waals surface area contributed by atoms with Gasteiger partial charge in [-0.15, -0.1) is 0 Å². The molecule has 0 saturated carbocycles. The Morgan fingerprint density at radius 3 is 2.00 bits per heavy atom. The van der Waals surface area contributed by atoms with E-state index in [4.69, 9.17) is 16.3 Å². The number of carbonyl (C=O) groups excluding carboxylic acids is 1. The summed E-state index contributed by atoms with van der Waals surface area (Å²) < 4.78 is 5.84. The van der Waals surface area contributed by atoms with E-state index in [0.717, 1.165) is 34.6 Å². The van der Waals surface area contributed by atoms with Crippen molar-refractivity contribution in [1.29, 1.82) is 0 Å². The Morgan fingerprint density at radius 2 is 1.30 bits per heavy atom. The van der Waals surface area contributed by atoms with Crippen LogP contribution in [0.25, 0.3) is 11.1 Å². The quantitative estimate of drug-likeness (QED) is 0.251. The molecule has 2 nitrogen and oxygen atoms in total. The lowest BCUT2D eigenvalue weighted by atomic mass is 9.99. The predicted molar refractivity (Wildman–Crippen MR) is 122 cm³/mol. The monoisotopic (exact) mass is 412 g/mol. The van der Waals surface area contributed by atoms with Gasteiger partial charge < -0.3 is 4.74 Å². The van der Waals surface area contributed by atoms with Crippen LogP contribution in [0, 0.1) is 0 Å². The molecular formula is C27H21ClO2. The van der Waals surface area contributed by atoms with Crippen LogP contribution in [0.3, 0.4) is 0 Å². The lowest BCUT2D eigenvalue weighted by Crippen LogP contribution is -2.09. The van der Waals surface area contributed by atoms with Crippen LogP contribution in [0.2, 0.25) is 5.02 Å². The van der Waals surface area contributed by atoms with E-state index in [1.165, 1.54) is 5.56 Å². The van der Waals surface area contributed by atoms with E-state index < -0.39 is 0 Å². The number of ether oxygens (including phenoxy) is 1. The highest BCUT2D eigenvalue weighted by molar-refractivity contribution is 6.30. The average Bonchev–Trinajstić information content (AvgIpc) is 2.80. The molecule has 0 radical (unpaired) electrons. The van der Waals surface area contributed by atoms with Crippen molar-refractivity contribution in [2.45, 2.75) is 12.8 Å². The second kappa shape index (κ2) is 9.43. The summed E-state index contributed by atoms with van der Waals surface area (Å²) in [4.78, 5) is 12.7. The molecule has 0 heterocycles. The van der Waals surface area contributed by atoms with Crippen molar-refractivity contribution in [3.05, 3.63) is 125 Å². The second-order valence-electron chi connectivity index (χ2n) is 7.08. The summed E-state index contributed by atoms with van der Waals surface area (Å²) in [5.74, 6) is 0.214. The maximum absolute atomic E-state index is 12.7. The number of benzene rings is 4. The molecule has 4 aromatic rings. The summed E-state index contributed by atoms with van der Waals surface area (Å²) in [6, 6.07) is 33.0. The summed E-state index contributed by atoms with van der Waals surface area (Å²) in [6.45, 7) is 0. The Kier molecular flexibility index (Phi) is 6.26. The first-order valence-electron chi connectivity index (χ1n) is 9.89. The standard InChI is InChI=1S/C27H21ClO2/c28-24-16-13-20(14-17-24)11-12-21-15-18-25(22-7-3-1-4-8-22)26(19-21)30-27(29)23-9-5-2-6-10-23/h1-10,13-19H,11-12H2. The normalized spacial score (nSPS) is 10.6. The van der Waals surface area contributed by atoms with Crippen LogP contribution in [0.15, 0.2) is 103 Å². The van der Waals surface area contributed by atoms with Gasteiger partial charge in [-0.1, -0.05) is 84.4 Å². The fourth-order valence-corrected chi connectivity index (χ4v) is 3.46. The number of hydrogen-bond donors (Lipinski definition) is 0. The van der Waals surface area contributed by atoms with Crippen LogP contribution in [0.5, 0.6) is 5.75 Å². The fourth-order valence-electron chi connectivity index (χ4n) is 3.34. The van der Waals surface area contributed by atoms with Gasteiger partial charge in [0.25, 0.3) is 0 Å². The third-order valence-corrected chi connectivity index (χ3v) is 5.21. The molecule has 4 aromatic carbocycles. The van der Waals surface area contributed by atoms with Gasteiger partial charge in [-0.05, 0) is 59.9 Å². The minimum absolute atomic E-state index is 0.359. The van der Waals surface area contributed by atoms with Crippen molar-refractivity contribution >= 4 is 17.6 Å². The molecule has 0 saturated heterocycles. The summed E-state index contributed by atoms with van der Waals surface area (Å²) in [6.07, 6.45) is 1.72. The van der Waals surface area contributed by atoms with Crippen molar-refractivity contribution in [3.63, 3.8) is 0 Å². The molecule has 148 valence electrons. The van der Waals surface area contributed by atoms with Gasteiger partial charge in [0.2, 0.25) is 0 Å². The third kappa shape index (κ3) is 4.97. The lowest BCUT2D eigenvalue weighted by Gasteiger charge is -2.13. The summed E-state index contributed by atoms with van der Waals surface area (Å²) >= 11 is 5.98.